The van der Waals surface area contributed by atoms with Crippen molar-refractivity contribution in [1.29, 1.82) is 0 Å². The largest absolute Gasteiger partial charge is 0.491 e. The molecule has 1 aliphatic rings. The van der Waals surface area contributed by atoms with E-state index in [1.807, 2.05) is 13.8 Å². The number of oxazole rings is 1. The van der Waals surface area contributed by atoms with Gasteiger partial charge in [-0.3, -0.25) is 57.9 Å². The third-order valence-corrected chi connectivity index (χ3v) is 13.8. The number of carboxylic acids is 1. The quantitative estimate of drug-likeness (QED) is 0.0207. The summed E-state index contributed by atoms with van der Waals surface area (Å²) in [7, 11) is 0. The van der Waals surface area contributed by atoms with Crippen molar-refractivity contribution in [2.45, 2.75) is 91.9 Å². The molecule has 0 unspecified atom stereocenters. The summed E-state index contributed by atoms with van der Waals surface area (Å²) in [5.74, 6) is -7.77. The number of rotatable bonds is 25. The molecule has 414 valence electrons. The predicted octanol–water partition coefficient (Wildman–Crippen LogP) is 2.17. The second-order valence-electron chi connectivity index (χ2n) is 17.5. The first kappa shape index (κ1) is 57.5. The van der Waals surface area contributed by atoms with E-state index in [0.717, 1.165) is 23.5 Å². The summed E-state index contributed by atoms with van der Waals surface area (Å²) in [6.45, 7) is 7.39. The van der Waals surface area contributed by atoms with Crippen LogP contribution in [0.2, 0.25) is 0 Å². The van der Waals surface area contributed by atoms with E-state index in [-0.39, 0.29) is 78.0 Å². The molecule has 1 aromatic carbocycles. The molecule has 0 spiro atoms. The Balaban J connectivity index is 1.10. The summed E-state index contributed by atoms with van der Waals surface area (Å²) in [4.78, 5) is 150. The summed E-state index contributed by atoms with van der Waals surface area (Å²) >= 11 is 2.30. The number of allylic oxidation sites excluding steroid dienone is 2. The van der Waals surface area contributed by atoms with E-state index in [1.165, 1.54) is 36.6 Å². The second kappa shape index (κ2) is 25.3. The number of nitrogens with two attached hydrogens (primary N) is 2. The zero-order valence-corrected chi connectivity index (χ0v) is 44.8. The minimum Gasteiger partial charge on any atom is -0.491 e. The summed E-state index contributed by atoms with van der Waals surface area (Å²) < 4.78 is 21.0. The van der Waals surface area contributed by atoms with Gasteiger partial charge in [-0.25, -0.2) is 24.7 Å². The third kappa shape index (κ3) is 13.8. The fraction of sp³-hybridized carbons (Fsp3) is 0.340. The lowest BCUT2D eigenvalue weighted by Crippen LogP contribution is -2.53. The van der Waals surface area contributed by atoms with Crippen LogP contribution in [0.5, 0.6) is 5.75 Å². The summed E-state index contributed by atoms with van der Waals surface area (Å²) in [6.07, 6.45) is 6.76. The van der Waals surface area contributed by atoms with Gasteiger partial charge in [0.05, 0.1) is 45.4 Å². The van der Waals surface area contributed by atoms with Crippen LogP contribution in [-0.2, 0) is 59.4 Å². The highest BCUT2D eigenvalue weighted by molar-refractivity contribution is 7.16. The van der Waals surface area contributed by atoms with Crippen molar-refractivity contribution >= 4 is 109 Å². The molecule has 6 heterocycles. The monoisotopic (exact) mass is 1120 g/mol. The van der Waals surface area contributed by atoms with Crippen molar-refractivity contribution in [1.82, 2.24) is 44.6 Å². The Kier molecular flexibility index (Phi) is 18.4. The molecule has 0 fully saturated rings. The number of aryl methyl sites for hydroxylation is 4. The Bertz CT molecular complexity index is 3570. The van der Waals surface area contributed by atoms with Crippen LogP contribution in [0.4, 0.5) is 5.95 Å². The fourth-order valence-corrected chi connectivity index (χ4v) is 9.88. The minimum atomic E-state index is -1.46. The number of nitrogens with one attached hydrogen (secondary N) is 3. The molecule has 29 heteroatoms. The molecule has 1 aliphatic heterocycles. The van der Waals surface area contributed by atoms with Crippen LogP contribution in [0.25, 0.3) is 21.4 Å². The smallest absolute Gasteiger partial charge is 0.328 e. The molecular formula is C50H53N13O14S2. The normalized spacial score (nSPS) is 13.3. The number of esters is 1. The predicted molar refractivity (Wildman–Crippen MR) is 282 cm³/mol. The number of fused-ring (bicyclic) bond motifs is 2. The maximum absolute atomic E-state index is 13.9. The number of carboxylic acid groups (broad SMARTS) is 1. The van der Waals surface area contributed by atoms with E-state index in [0.29, 0.717) is 60.8 Å². The van der Waals surface area contributed by atoms with Crippen LogP contribution in [0.3, 0.4) is 0 Å². The maximum Gasteiger partial charge on any atom is 0.328 e. The number of carbonyl (C=O) groups excluding carboxylic acids is 9. The molecule has 5 aromatic heterocycles. The van der Waals surface area contributed by atoms with E-state index in [4.69, 9.17) is 30.3 Å². The Morgan fingerprint density at radius 1 is 0.873 bits per heavy atom. The molecule has 0 aliphatic carbocycles. The molecule has 8 amide bonds. The van der Waals surface area contributed by atoms with Crippen molar-refractivity contribution in [2.24, 2.45) is 16.5 Å². The van der Waals surface area contributed by atoms with E-state index < -0.39 is 84.2 Å². The zero-order chi connectivity index (χ0) is 57.2. The standard InChI is InChI=1S/C50H53N13O14S2/c1-6-29-40(77-25(4)55-29)46(72)60-50-62(44-34(79-50)21-28(22-53-44)43(52)70)16-9-8-15-61-39-32(58-49(61)59-47(73)41-30(7-2)56-26(5)78-41)19-27(42(51)69)20-33(39)75-17-10-18-76-48(74)24(3)54-45(71)31(11-14-38(67)68)57-35(64)23-63-36(65)12-13-37(63)66/h8-9,12-13,19-22,24,31H,6-7,10-11,14-18,23H2,1-5H3,(H2,51,69)(H2,52,70)(H,54,71)(H,57,64)(H,67,68)(H,58,59,73)/b9-8+,60-50?/t24-,31-/m0/s1. The number of nitrogens with zero attached hydrogens (tertiary/aromatic N) is 8. The first-order valence-corrected chi connectivity index (χ1v) is 26.0. The topological polar surface area (TPSA) is 388 Å². The van der Waals surface area contributed by atoms with Gasteiger partial charge in [-0.1, -0.05) is 37.3 Å². The average molecular weight is 1120 g/mol. The fourth-order valence-electron chi connectivity index (χ4n) is 7.94. The third-order valence-electron chi connectivity index (χ3n) is 11.7. The Labute approximate surface area is 455 Å². The molecule has 79 heavy (non-hydrogen) atoms. The molecule has 8 N–H and O–H groups in total. The summed E-state index contributed by atoms with van der Waals surface area (Å²) in [5, 5.41) is 17.5. The van der Waals surface area contributed by atoms with Gasteiger partial charge >= 0.3 is 17.8 Å². The highest BCUT2D eigenvalue weighted by Gasteiger charge is 2.30. The van der Waals surface area contributed by atoms with E-state index in [9.17, 15) is 53.1 Å². The van der Waals surface area contributed by atoms with Gasteiger partial charge in [0.1, 0.15) is 34.8 Å². The lowest BCUT2D eigenvalue weighted by atomic mass is 10.1. The number of carbonyl (C=O) groups is 10. The van der Waals surface area contributed by atoms with Gasteiger partial charge in [-0.05, 0) is 51.3 Å². The number of aliphatic carboxylic acids is 1. The number of imidazole rings is 1. The molecule has 2 atom stereocenters. The SMILES string of the molecule is CCc1nc(C)oc1C(=O)N=c1sc2cc(C(N)=O)cnc2n1C/C=C/Cn1c(NC(=O)c2sc(C)nc2CC)nc2cc(C(N)=O)cc(OCCCOC(=O)[C@H](C)NC(=O)[C@H](CCC(=O)O)NC(=O)CN3C(=O)C=CC3=O)c21. The molecule has 0 saturated carbocycles. The van der Waals surface area contributed by atoms with Crippen molar-refractivity contribution in [3.63, 3.8) is 0 Å². The number of pyridine rings is 1. The number of primary amides is 2. The molecule has 6 aromatic rings. The lowest BCUT2D eigenvalue weighted by Gasteiger charge is -2.21. The highest BCUT2D eigenvalue weighted by Crippen LogP contribution is 2.32. The van der Waals surface area contributed by atoms with Gasteiger partial charge in [0.25, 0.3) is 17.7 Å². The van der Waals surface area contributed by atoms with Crippen molar-refractivity contribution in [3.05, 3.63) is 97.6 Å². The molecule has 0 radical (unpaired) electrons. The number of amides is 8. The highest BCUT2D eigenvalue weighted by atomic mass is 32.1. The minimum absolute atomic E-state index is 0.0125. The Hall–Kier alpha value is -9.25. The number of benzene rings is 1. The van der Waals surface area contributed by atoms with Gasteiger partial charge in [0.2, 0.25) is 35.3 Å². The van der Waals surface area contributed by atoms with Crippen LogP contribution in [0.1, 0.15) is 103 Å². The van der Waals surface area contributed by atoms with Gasteiger partial charge in [0, 0.05) is 56.8 Å². The van der Waals surface area contributed by atoms with Crippen molar-refractivity contribution in [2.75, 3.05) is 25.1 Å². The van der Waals surface area contributed by atoms with Gasteiger partial charge in [0.15, 0.2) is 16.3 Å². The van der Waals surface area contributed by atoms with Gasteiger partial charge < -0.3 is 45.7 Å². The van der Waals surface area contributed by atoms with Crippen LogP contribution in [-0.4, -0.2) is 130 Å². The van der Waals surface area contributed by atoms with Crippen molar-refractivity contribution < 1.29 is 66.9 Å². The van der Waals surface area contributed by atoms with E-state index >= 15 is 0 Å². The molecule has 7 rings (SSSR count). The first-order valence-electron chi connectivity index (χ1n) is 24.4. The van der Waals surface area contributed by atoms with Crippen LogP contribution >= 0.6 is 22.7 Å². The van der Waals surface area contributed by atoms with E-state index in [2.05, 4.69) is 35.9 Å². The molecule has 0 bridgehead atoms. The zero-order valence-electron chi connectivity index (χ0n) is 43.1. The number of imide groups is 1. The van der Waals surface area contributed by atoms with E-state index in [1.54, 1.807) is 41.2 Å². The molecule has 0 saturated heterocycles. The first-order chi connectivity index (χ1) is 37.6. The summed E-state index contributed by atoms with van der Waals surface area (Å²) in [5.41, 5.74) is 13.4. The van der Waals surface area contributed by atoms with Crippen LogP contribution in [0, 0.1) is 13.8 Å². The number of anilines is 1. The summed E-state index contributed by atoms with van der Waals surface area (Å²) in [6, 6.07) is 1.62. The maximum atomic E-state index is 13.9. The second-order valence-corrected chi connectivity index (χ2v) is 19.7. The van der Waals surface area contributed by atoms with Crippen LogP contribution < -0.4 is 37.0 Å². The molecular weight excluding hydrogens is 1070 g/mol. The number of ether oxygens (including phenoxy) is 2. The van der Waals surface area contributed by atoms with Crippen molar-refractivity contribution in [3.8, 4) is 5.75 Å². The Morgan fingerprint density at radius 2 is 1.57 bits per heavy atom. The lowest BCUT2D eigenvalue weighted by molar-refractivity contribution is -0.148. The average Bonchev–Trinajstić information content (AvgIpc) is 4.29. The number of hydrogen-bond donors (Lipinski definition) is 6. The number of aromatic nitrogens is 6. The Morgan fingerprint density at radius 3 is 2.24 bits per heavy atom. The van der Waals surface area contributed by atoms with Gasteiger partial charge in [-0.15, -0.1) is 11.3 Å². The number of thiazole rings is 2. The van der Waals surface area contributed by atoms with Crippen LogP contribution in [0.15, 0.2) is 58.1 Å². The number of hydrogen-bond acceptors (Lipinski definition) is 19. The van der Waals surface area contributed by atoms with Gasteiger partial charge in [-0.2, -0.15) is 4.99 Å². The molecule has 27 nitrogen and oxygen atoms in total.